The molecule has 8 heteroatoms. The number of rotatable bonds is 7. The lowest BCUT2D eigenvalue weighted by Crippen LogP contribution is -2.49. The molecule has 198 valence electrons. The Morgan fingerprint density at radius 1 is 1.03 bits per heavy atom. The van der Waals surface area contributed by atoms with Crippen LogP contribution in [0, 0.1) is 6.92 Å². The van der Waals surface area contributed by atoms with Crippen LogP contribution in [0.5, 0.6) is 17.2 Å². The first-order valence-corrected chi connectivity index (χ1v) is 13.2. The molecular formula is C30H31ClN2O5. The highest BCUT2D eigenvalue weighted by atomic mass is 35.5. The quantitative estimate of drug-likeness (QED) is 0.406. The summed E-state index contributed by atoms with van der Waals surface area (Å²) < 4.78 is 17.3. The van der Waals surface area contributed by atoms with Crippen molar-refractivity contribution >= 4 is 29.1 Å². The molecule has 2 amide bonds. The number of hydrogen-bond donors (Lipinski definition) is 1. The maximum Gasteiger partial charge on any atom is 0.254 e. The van der Waals surface area contributed by atoms with Gasteiger partial charge in [0, 0.05) is 23.2 Å². The van der Waals surface area contributed by atoms with Gasteiger partial charge in [0.25, 0.3) is 5.91 Å². The molecule has 5 rings (SSSR count). The summed E-state index contributed by atoms with van der Waals surface area (Å²) in [6, 6.07) is 14.3. The number of hydrogen-bond acceptors (Lipinski definition) is 5. The van der Waals surface area contributed by atoms with Crippen LogP contribution in [-0.4, -0.2) is 43.6 Å². The van der Waals surface area contributed by atoms with Crippen molar-refractivity contribution in [3.05, 3.63) is 81.4 Å². The first-order chi connectivity index (χ1) is 18.4. The van der Waals surface area contributed by atoms with Crippen LogP contribution in [0.25, 0.3) is 0 Å². The van der Waals surface area contributed by atoms with Crippen LogP contribution in [0.2, 0.25) is 5.02 Å². The number of fused-ring (bicyclic) bond motifs is 4. The summed E-state index contributed by atoms with van der Waals surface area (Å²) in [5.74, 6) is 0.777. The second-order valence-electron chi connectivity index (χ2n) is 9.41. The molecule has 7 nitrogen and oxygen atoms in total. The predicted molar refractivity (Wildman–Crippen MR) is 147 cm³/mol. The Bertz CT molecular complexity index is 1410. The van der Waals surface area contributed by atoms with Crippen LogP contribution in [0.15, 0.2) is 48.5 Å². The zero-order valence-electron chi connectivity index (χ0n) is 22.0. The smallest absolute Gasteiger partial charge is 0.254 e. The topological polar surface area (TPSA) is 77.1 Å². The third-order valence-electron chi connectivity index (χ3n) is 7.21. The molecule has 0 aromatic heterocycles. The van der Waals surface area contributed by atoms with Crippen molar-refractivity contribution in [2.45, 2.75) is 39.2 Å². The number of carbonyl (C=O) groups excluding carboxylic acids is 2. The summed E-state index contributed by atoms with van der Waals surface area (Å²) in [5.41, 5.74) is 4.52. The maximum absolute atomic E-state index is 14.2. The maximum atomic E-state index is 14.2. The fraction of sp³-hybridized carbons (Fsp3) is 0.333. The summed E-state index contributed by atoms with van der Waals surface area (Å²) >= 11 is 6.30. The van der Waals surface area contributed by atoms with Crippen molar-refractivity contribution in [3.63, 3.8) is 0 Å². The molecular weight excluding hydrogens is 504 g/mol. The minimum Gasteiger partial charge on any atom is -0.495 e. The Morgan fingerprint density at radius 3 is 2.45 bits per heavy atom. The van der Waals surface area contributed by atoms with Gasteiger partial charge in [0.05, 0.1) is 38.0 Å². The zero-order valence-corrected chi connectivity index (χ0v) is 22.7. The molecule has 3 aromatic rings. The summed E-state index contributed by atoms with van der Waals surface area (Å²) in [6.45, 7) is 7.19. The number of aryl methyl sites for hydroxylation is 1. The Kier molecular flexibility index (Phi) is 7.21. The molecule has 0 saturated heterocycles. The Morgan fingerprint density at radius 2 is 1.74 bits per heavy atom. The van der Waals surface area contributed by atoms with Gasteiger partial charge in [-0.25, -0.2) is 0 Å². The van der Waals surface area contributed by atoms with Gasteiger partial charge in [0.2, 0.25) is 5.91 Å². The number of methoxy groups -OCH3 is 1. The molecule has 1 N–H and O–H groups in total. The highest BCUT2D eigenvalue weighted by Gasteiger charge is 2.46. The lowest BCUT2D eigenvalue weighted by Gasteiger charge is -2.45. The number of nitrogens with one attached hydrogen (secondary N) is 1. The minimum absolute atomic E-state index is 0.0768. The van der Waals surface area contributed by atoms with Crippen LogP contribution in [0.3, 0.4) is 0 Å². The standard InChI is InChI=1S/C30H31ClN2O5/c1-5-37-25-14-18-11-12-33-28(21(18)15-26(25)38-6-2)27(19-9-7-8-10-20(19)30(33)35)29(34)32-23-13-17(3)22(31)16-24(23)36-4/h7-10,13-16,27-28H,5-6,11-12H2,1-4H3,(H,32,34)/t27-,28-/m1/s1. The van der Waals surface area contributed by atoms with Crippen LogP contribution in [0.1, 0.15) is 58.4 Å². The molecule has 0 bridgehead atoms. The van der Waals surface area contributed by atoms with Gasteiger partial charge in [0.15, 0.2) is 11.5 Å². The van der Waals surface area contributed by atoms with E-state index in [-0.39, 0.29) is 11.8 Å². The van der Waals surface area contributed by atoms with Crippen LogP contribution in [0.4, 0.5) is 5.69 Å². The van der Waals surface area contributed by atoms with Crippen LogP contribution in [-0.2, 0) is 11.2 Å². The van der Waals surface area contributed by atoms with E-state index in [1.807, 2.05) is 56.0 Å². The van der Waals surface area contributed by atoms with Gasteiger partial charge >= 0.3 is 0 Å². The van der Waals surface area contributed by atoms with Crippen molar-refractivity contribution < 1.29 is 23.8 Å². The molecule has 0 fully saturated rings. The third kappa shape index (κ3) is 4.45. The average molecular weight is 535 g/mol. The summed E-state index contributed by atoms with van der Waals surface area (Å²) in [6.07, 6.45) is 0.658. The second-order valence-corrected chi connectivity index (χ2v) is 9.82. The number of carbonyl (C=O) groups is 2. The minimum atomic E-state index is -0.656. The monoisotopic (exact) mass is 534 g/mol. The SMILES string of the molecule is CCOc1cc2c(cc1OCC)[C@@H]1[C@H](C(=O)Nc3cc(C)c(Cl)cc3OC)c3ccccc3C(=O)N1CC2. The lowest BCUT2D eigenvalue weighted by atomic mass is 9.75. The molecule has 2 heterocycles. The predicted octanol–water partition coefficient (Wildman–Crippen LogP) is 5.93. The number of nitrogens with zero attached hydrogens (tertiary/aromatic N) is 1. The van der Waals surface area contributed by atoms with E-state index in [0.717, 1.165) is 16.7 Å². The third-order valence-corrected chi connectivity index (χ3v) is 7.61. The molecule has 0 spiro atoms. The Balaban J connectivity index is 1.65. The van der Waals surface area contributed by atoms with Gasteiger partial charge in [-0.05, 0) is 73.7 Å². The van der Waals surface area contributed by atoms with E-state index < -0.39 is 12.0 Å². The largest absolute Gasteiger partial charge is 0.495 e. The van der Waals surface area contributed by atoms with Crippen molar-refractivity contribution in [2.24, 2.45) is 0 Å². The molecule has 2 aliphatic rings. The molecule has 0 unspecified atom stereocenters. The number of anilines is 1. The van der Waals surface area contributed by atoms with Gasteiger partial charge in [-0.15, -0.1) is 0 Å². The second kappa shape index (κ2) is 10.6. The van der Waals surface area contributed by atoms with Crippen molar-refractivity contribution in [1.29, 1.82) is 0 Å². The van der Waals surface area contributed by atoms with Crippen molar-refractivity contribution in [1.82, 2.24) is 4.90 Å². The van der Waals surface area contributed by atoms with Gasteiger partial charge in [-0.2, -0.15) is 0 Å². The summed E-state index contributed by atoms with van der Waals surface area (Å²) in [7, 11) is 1.54. The van der Waals surface area contributed by atoms with E-state index in [0.29, 0.717) is 65.3 Å². The van der Waals surface area contributed by atoms with Gasteiger partial charge in [0.1, 0.15) is 5.75 Å². The zero-order chi connectivity index (χ0) is 27.0. The molecule has 38 heavy (non-hydrogen) atoms. The Labute approximate surface area is 227 Å². The molecule has 0 radical (unpaired) electrons. The molecule has 0 saturated carbocycles. The van der Waals surface area contributed by atoms with Gasteiger partial charge < -0.3 is 24.4 Å². The van der Waals surface area contributed by atoms with Crippen LogP contribution < -0.4 is 19.5 Å². The first-order valence-electron chi connectivity index (χ1n) is 12.8. The first kappa shape index (κ1) is 25.9. The summed E-state index contributed by atoms with van der Waals surface area (Å²) in [4.78, 5) is 29.6. The molecule has 3 aromatic carbocycles. The fourth-order valence-corrected chi connectivity index (χ4v) is 5.65. The molecule has 2 aliphatic heterocycles. The summed E-state index contributed by atoms with van der Waals surface area (Å²) in [5, 5.41) is 3.62. The van der Waals surface area contributed by atoms with E-state index in [2.05, 4.69) is 5.32 Å². The van der Waals surface area contributed by atoms with E-state index in [4.69, 9.17) is 25.8 Å². The van der Waals surface area contributed by atoms with Gasteiger partial charge in [-0.3, -0.25) is 9.59 Å². The highest BCUT2D eigenvalue weighted by molar-refractivity contribution is 6.31. The highest BCUT2D eigenvalue weighted by Crippen LogP contribution is 2.49. The number of benzene rings is 3. The van der Waals surface area contributed by atoms with E-state index >= 15 is 0 Å². The lowest BCUT2D eigenvalue weighted by molar-refractivity contribution is -0.119. The van der Waals surface area contributed by atoms with E-state index in [9.17, 15) is 9.59 Å². The van der Waals surface area contributed by atoms with Crippen molar-refractivity contribution in [2.75, 3.05) is 32.2 Å². The molecule has 0 aliphatic carbocycles. The van der Waals surface area contributed by atoms with Crippen LogP contribution >= 0.6 is 11.6 Å². The fourth-order valence-electron chi connectivity index (χ4n) is 5.49. The van der Waals surface area contributed by atoms with Gasteiger partial charge in [-0.1, -0.05) is 29.8 Å². The van der Waals surface area contributed by atoms with E-state index in [1.54, 1.807) is 18.2 Å². The number of ether oxygens (including phenoxy) is 3. The average Bonchev–Trinajstić information content (AvgIpc) is 2.91. The molecule has 2 atom stereocenters. The Hall–Kier alpha value is -3.71. The number of amides is 2. The number of halogens is 1. The normalized spacial score (nSPS) is 17.7. The van der Waals surface area contributed by atoms with E-state index in [1.165, 1.54) is 7.11 Å². The van der Waals surface area contributed by atoms with Crippen molar-refractivity contribution in [3.8, 4) is 17.2 Å².